The van der Waals surface area contributed by atoms with Gasteiger partial charge in [-0.05, 0) is 49.4 Å². The van der Waals surface area contributed by atoms with Gasteiger partial charge in [-0.1, -0.05) is 30.3 Å². The Kier molecular flexibility index (Phi) is 10.1. The minimum absolute atomic E-state index is 0.0151. The van der Waals surface area contributed by atoms with Crippen molar-refractivity contribution >= 4 is 48.3 Å². The number of anilines is 4. The molecule has 0 saturated carbocycles. The van der Waals surface area contributed by atoms with Crippen LogP contribution < -0.4 is 20.5 Å². The summed E-state index contributed by atoms with van der Waals surface area (Å²) in [6.45, 7) is 8.06. The summed E-state index contributed by atoms with van der Waals surface area (Å²) in [5, 5.41) is 9.31. The highest BCUT2D eigenvalue weighted by Gasteiger charge is 2.19. The summed E-state index contributed by atoms with van der Waals surface area (Å²) in [5.41, 5.74) is 2.60. The normalized spacial score (nSPS) is 13.9. The molecule has 2 heterocycles. The van der Waals surface area contributed by atoms with Crippen LogP contribution in [0.4, 0.5) is 23.0 Å². The number of phosphoric acid groups is 1. The highest BCUT2D eigenvalue weighted by molar-refractivity contribution is 7.46. The standard InChI is InChI=1S/C26H30ClN6O6P/c1-2-24(34)30-19-6-3-5-18(15-19)25-21(27)17-29-26(32-25)31-20-7-8-23(39-40(35,36)37)22(16-20)28-9-4-10-33-11-13-38-14-12-33/h2-3,5-8,15-17,28H,1,4,9-14H2,(H,30,34)(H,29,31,32)(H2,35,36,37). The highest BCUT2D eigenvalue weighted by atomic mass is 35.5. The Morgan fingerprint density at radius 3 is 2.75 bits per heavy atom. The summed E-state index contributed by atoms with van der Waals surface area (Å²) >= 11 is 6.39. The van der Waals surface area contributed by atoms with Gasteiger partial charge in [-0.25, -0.2) is 14.5 Å². The van der Waals surface area contributed by atoms with Crippen LogP contribution in [0.25, 0.3) is 11.3 Å². The van der Waals surface area contributed by atoms with Gasteiger partial charge in [0.15, 0.2) is 5.75 Å². The summed E-state index contributed by atoms with van der Waals surface area (Å²) in [4.78, 5) is 41.5. The second kappa shape index (κ2) is 13.7. The summed E-state index contributed by atoms with van der Waals surface area (Å²) in [6.07, 6.45) is 3.44. The van der Waals surface area contributed by atoms with Crippen LogP contribution in [0.1, 0.15) is 6.42 Å². The van der Waals surface area contributed by atoms with Crippen LogP contribution >= 0.6 is 19.4 Å². The number of phosphoric ester groups is 1. The molecule has 1 amide bonds. The number of ether oxygens (including phenoxy) is 1. The molecule has 0 radical (unpaired) electrons. The minimum Gasteiger partial charge on any atom is -0.402 e. The zero-order valence-electron chi connectivity index (χ0n) is 21.5. The number of morpholine rings is 1. The molecule has 40 heavy (non-hydrogen) atoms. The molecular weight excluding hydrogens is 559 g/mol. The van der Waals surface area contributed by atoms with Crippen LogP contribution in [-0.4, -0.2) is 70.0 Å². The van der Waals surface area contributed by atoms with Crippen LogP contribution in [0.15, 0.2) is 61.3 Å². The largest absolute Gasteiger partial charge is 0.524 e. The molecule has 2 aromatic carbocycles. The summed E-state index contributed by atoms with van der Waals surface area (Å²) < 4.78 is 21.8. The van der Waals surface area contributed by atoms with Crippen molar-refractivity contribution in [3.05, 3.63) is 66.3 Å². The van der Waals surface area contributed by atoms with Crippen LogP contribution in [0.3, 0.4) is 0 Å². The van der Waals surface area contributed by atoms with E-state index in [1.54, 1.807) is 36.4 Å². The fraction of sp³-hybridized carbons (Fsp3) is 0.269. The van der Waals surface area contributed by atoms with Crippen LogP contribution in [0, 0.1) is 0 Å². The SMILES string of the molecule is C=CC(=O)Nc1cccc(-c2nc(Nc3ccc(OP(=O)(O)O)c(NCCCN4CCOCC4)c3)ncc2Cl)c1. The smallest absolute Gasteiger partial charge is 0.402 e. The van der Waals surface area contributed by atoms with Gasteiger partial charge in [-0.3, -0.25) is 19.5 Å². The van der Waals surface area contributed by atoms with Crippen molar-refractivity contribution in [3.63, 3.8) is 0 Å². The molecule has 12 nitrogen and oxygen atoms in total. The first kappa shape index (κ1) is 29.5. The van der Waals surface area contributed by atoms with E-state index >= 15 is 0 Å². The molecular formula is C26H30ClN6O6P. The Balaban J connectivity index is 1.50. The second-order valence-electron chi connectivity index (χ2n) is 8.82. The average Bonchev–Trinajstić information content (AvgIpc) is 2.93. The van der Waals surface area contributed by atoms with Crippen LogP contribution in [0.5, 0.6) is 5.75 Å². The Hall–Kier alpha value is -3.51. The maximum atomic E-state index is 11.7. The van der Waals surface area contributed by atoms with Crippen molar-refractivity contribution in [2.75, 3.05) is 55.3 Å². The van der Waals surface area contributed by atoms with Crippen LogP contribution in [-0.2, 0) is 14.1 Å². The zero-order chi connectivity index (χ0) is 28.5. The number of halogens is 1. The van der Waals surface area contributed by atoms with Gasteiger partial charge in [0.2, 0.25) is 11.9 Å². The summed E-state index contributed by atoms with van der Waals surface area (Å²) in [5.74, 6) is -0.0896. The molecule has 3 aromatic rings. The molecule has 4 rings (SSSR count). The summed E-state index contributed by atoms with van der Waals surface area (Å²) in [6, 6.07) is 11.7. The number of carbonyl (C=O) groups is 1. The second-order valence-corrected chi connectivity index (χ2v) is 10.4. The molecule has 14 heteroatoms. The molecule has 1 fully saturated rings. The number of nitrogens with zero attached hydrogens (tertiary/aromatic N) is 3. The van der Waals surface area contributed by atoms with E-state index in [9.17, 15) is 19.1 Å². The molecule has 5 N–H and O–H groups in total. The quantitative estimate of drug-likeness (QED) is 0.117. The lowest BCUT2D eigenvalue weighted by molar-refractivity contribution is -0.111. The molecule has 0 atom stereocenters. The predicted octanol–water partition coefficient (Wildman–Crippen LogP) is 4.27. The van der Waals surface area contributed by atoms with E-state index in [0.29, 0.717) is 53.1 Å². The molecule has 0 unspecified atom stereocenters. The topological polar surface area (TPSA) is 158 Å². The van der Waals surface area contributed by atoms with Gasteiger partial charge in [0.1, 0.15) is 0 Å². The Labute approximate surface area is 236 Å². The average molecular weight is 589 g/mol. The number of aromatic nitrogens is 2. The van der Waals surface area contributed by atoms with E-state index in [0.717, 1.165) is 26.1 Å². The number of hydrogen-bond donors (Lipinski definition) is 5. The molecule has 1 aliphatic heterocycles. The molecule has 1 aromatic heterocycles. The van der Waals surface area contributed by atoms with Crippen molar-refractivity contribution in [1.82, 2.24) is 14.9 Å². The van der Waals surface area contributed by atoms with E-state index in [1.807, 2.05) is 0 Å². The lowest BCUT2D eigenvalue weighted by Crippen LogP contribution is -2.37. The monoisotopic (exact) mass is 588 g/mol. The molecule has 0 spiro atoms. The Morgan fingerprint density at radius 2 is 2.00 bits per heavy atom. The van der Waals surface area contributed by atoms with Gasteiger partial charge < -0.3 is 25.2 Å². The predicted molar refractivity (Wildman–Crippen MR) is 154 cm³/mol. The fourth-order valence-corrected chi connectivity index (χ4v) is 4.62. The molecule has 1 saturated heterocycles. The van der Waals surface area contributed by atoms with Crippen molar-refractivity contribution in [3.8, 4) is 17.0 Å². The first-order chi connectivity index (χ1) is 19.2. The number of amides is 1. The number of nitrogens with one attached hydrogen (secondary N) is 3. The van der Waals surface area contributed by atoms with E-state index in [4.69, 9.17) is 20.9 Å². The summed E-state index contributed by atoms with van der Waals surface area (Å²) in [7, 11) is -4.77. The van der Waals surface area contributed by atoms with Crippen molar-refractivity contribution in [2.45, 2.75) is 6.42 Å². The fourth-order valence-electron chi connectivity index (χ4n) is 4.00. The van der Waals surface area contributed by atoms with Gasteiger partial charge >= 0.3 is 7.82 Å². The Bertz CT molecular complexity index is 1400. The first-order valence-corrected chi connectivity index (χ1v) is 14.4. The molecule has 0 bridgehead atoms. The van der Waals surface area contributed by atoms with E-state index in [-0.39, 0.29) is 17.6 Å². The van der Waals surface area contributed by atoms with E-state index in [1.165, 1.54) is 18.3 Å². The third-order valence-corrected chi connectivity index (χ3v) is 6.57. The number of carbonyl (C=O) groups excluding carboxylic acids is 1. The van der Waals surface area contributed by atoms with Gasteiger partial charge in [-0.2, -0.15) is 0 Å². The van der Waals surface area contributed by atoms with Gasteiger partial charge in [0.05, 0.1) is 35.8 Å². The van der Waals surface area contributed by atoms with Crippen molar-refractivity contribution in [2.24, 2.45) is 0 Å². The Morgan fingerprint density at radius 1 is 1.20 bits per heavy atom. The highest BCUT2D eigenvalue weighted by Crippen LogP contribution is 2.42. The van der Waals surface area contributed by atoms with Gasteiger partial charge in [0, 0.05) is 36.6 Å². The molecule has 0 aliphatic carbocycles. The lowest BCUT2D eigenvalue weighted by Gasteiger charge is -2.26. The molecule has 1 aliphatic rings. The van der Waals surface area contributed by atoms with E-state index in [2.05, 4.69) is 37.4 Å². The number of hydrogen-bond acceptors (Lipinski definition) is 9. The van der Waals surface area contributed by atoms with Crippen molar-refractivity contribution < 1.29 is 28.4 Å². The third-order valence-electron chi connectivity index (χ3n) is 5.86. The maximum Gasteiger partial charge on any atom is 0.524 e. The third kappa shape index (κ3) is 8.75. The first-order valence-electron chi connectivity index (χ1n) is 12.5. The maximum absolute atomic E-state index is 11.7. The van der Waals surface area contributed by atoms with Gasteiger partial charge in [-0.15, -0.1) is 0 Å². The van der Waals surface area contributed by atoms with E-state index < -0.39 is 7.82 Å². The number of rotatable bonds is 12. The zero-order valence-corrected chi connectivity index (χ0v) is 23.2. The van der Waals surface area contributed by atoms with Gasteiger partial charge in [0.25, 0.3) is 0 Å². The number of benzene rings is 2. The van der Waals surface area contributed by atoms with Crippen LogP contribution in [0.2, 0.25) is 5.02 Å². The minimum atomic E-state index is -4.77. The van der Waals surface area contributed by atoms with Crippen molar-refractivity contribution in [1.29, 1.82) is 0 Å². The molecule has 212 valence electrons. The lowest BCUT2D eigenvalue weighted by atomic mass is 10.1.